The molecule has 7 N–H and O–H groups in total. The molecule has 0 aliphatic carbocycles. The summed E-state index contributed by atoms with van der Waals surface area (Å²) in [5.41, 5.74) is 0. The third-order valence-electron chi connectivity index (χ3n) is 5.31. The van der Waals surface area contributed by atoms with Crippen LogP contribution >= 0.6 is 0 Å². The van der Waals surface area contributed by atoms with E-state index in [0.717, 1.165) is 17.9 Å². The Morgan fingerprint density at radius 2 is 1.50 bits per heavy atom. The number of piperidine rings is 2. The highest BCUT2D eigenvalue weighted by atomic mass is 16.7. The molecule has 2 aliphatic heterocycles. The van der Waals surface area contributed by atoms with Crippen LogP contribution in [-0.4, -0.2) is 127 Å². The van der Waals surface area contributed by atoms with Crippen molar-refractivity contribution in [3.63, 3.8) is 0 Å². The van der Waals surface area contributed by atoms with Crippen LogP contribution in [0.3, 0.4) is 0 Å². The van der Waals surface area contributed by atoms with E-state index in [0.29, 0.717) is 6.54 Å². The van der Waals surface area contributed by atoms with Crippen LogP contribution in [0.1, 0.15) is 19.8 Å². The summed E-state index contributed by atoms with van der Waals surface area (Å²) < 4.78 is 0. The standard InChI is InChI=1S/C16H32N2O8/c1-2-3-4-17-5-12(22)16(14(24)9(17)7-19)26-18-6-11(21)15(25)13(23)10(18)8-20/h9-16,19-25H,2-8H2,1H3/t9-,10-,11+,12+,13-,14-,15-,16-/m1/s1. The topological polar surface area (TPSA) is 157 Å². The van der Waals surface area contributed by atoms with Gasteiger partial charge in [-0.05, 0) is 13.0 Å². The fourth-order valence-electron chi connectivity index (χ4n) is 3.65. The van der Waals surface area contributed by atoms with Gasteiger partial charge in [0.2, 0.25) is 0 Å². The number of hydrogen-bond donors (Lipinski definition) is 7. The van der Waals surface area contributed by atoms with E-state index in [9.17, 15) is 35.7 Å². The number of aliphatic hydroxyl groups excluding tert-OH is 7. The van der Waals surface area contributed by atoms with E-state index < -0.39 is 55.3 Å². The second-order valence-corrected chi connectivity index (χ2v) is 7.12. The predicted octanol–water partition coefficient (Wildman–Crippen LogP) is -3.76. The summed E-state index contributed by atoms with van der Waals surface area (Å²) in [5, 5.41) is 70.8. The van der Waals surface area contributed by atoms with Gasteiger partial charge in [-0.2, -0.15) is 5.06 Å². The molecule has 10 nitrogen and oxygen atoms in total. The predicted molar refractivity (Wildman–Crippen MR) is 89.8 cm³/mol. The van der Waals surface area contributed by atoms with E-state index in [1.165, 1.54) is 0 Å². The fourth-order valence-corrected chi connectivity index (χ4v) is 3.65. The van der Waals surface area contributed by atoms with Crippen molar-refractivity contribution < 1.29 is 40.6 Å². The van der Waals surface area contributed by atoms with E-state index in [2.05, 4.69) is 0 Å². The zero-order valence-corrected chi connectivity index (χ0v) is 15.0. The molecule has 2 aliphatic rings. The second-order valence-electron chi connectivity index (χ2n) is 7.12. The van der Waals surface area contributed by atoms with Gasteiger partial charge in [0.25, 0.3) is 0 Å². The molecule has 0 aromatic rings. The van der Waals surface area contributed by atoms with Crippen LogP contribution in [0.25, 0.3) is 0 Å². The second kappa shape index (κ2) is 9.69. The fraction of sp³-hybridized carbons (Fsp3) is 1.00. The zero-order valence-electron chi connectivity index (χ0n) is 15.0. The zero-order chi connectivity index (χ0) is 19.4. The van der Waals surface area contributed by atoms with Crippen molar-refractivity contribution in [3.05, 3.63) is 0 Å². The number of aliphatic hydroxyl groups is 7. The van der Waals surface area contributed by atoms with Crippen molar-refractivity contribution in [3.8, 4) is 0 Å². The van der Waals surface area contributed by atoms with Crippen molar-refractivity contribution in [2.75, 3.05) is 32.8 Å². The summed E-state index contributed by atoms with van der Waals surface area (Å²) in [4.78, 5) is 7.45. The number of nitrogens with zero attached hydrogens (tertiary/aromatic N) is 2. The van der Waals surface area contributed by atoms with Crippen molar-refractivity contribution >= 4 is 0 Å². The molecular weight excluding hydrogens is 348 g/mol. The molecule has 2 heterocycles. The van der Waals surface area contributed by atoms with Crippen LogP contribution in [0.2, 0.25) is 0 Å². The van der Waals surface area contributed by atoms with E-state index in [-0.39, 0.29) is 19.7 Å². The lowest BCUT2D eigenvalue weighted by Gasteiger charge is -2.48. The molecule has 2 fully saturated rings. The highest BCUT2D eigenvalue weighted by Crippen LogP contribution is 2.26. The quantitative estimate of drug-likeness (QED) is 0.234. The monoisotopic (exact) mass is 380 g/mol. The molecule has 0 unspecified atom stereocenters. The van der Waals surface area contributed by atoms with Crippen LogP contribution in [0.5, 0.6) is 0 Å². The van der Waals surface area contributed by atoms with Crippen molar-refractivity contribution in [1.29, 1.82) is 0 Å². The first-order valence-electron chi connectivity index (χ1n) is 9.15. The Kier molecular flexibility index (Phi) is 8.16. The molecule has 0 amide bonds. The number of hydrogen-bond acceptors (Lipinski definition) is 10. The van der Waals surface area contributed by atoms with Crippen molar-refractivity contribution in [2.24, 2.45) is 0 Å². The molecule has 2 saturated heterocycles. The Hall–Kier alpha value is -0.400. The first kappa shape index (κ1) is 21.9. The van der Waals surface area contributed by atoms with Crippen LogP contribution in [0.15, 0.2) is 0 Å². The molecular formula is C16H32N2O8. The van der Waals surface area contributed by atoms with Gasteiger partial charge in [-0.3, -0.25) is 9.74 Å². The van der Waals surface area contributed by atoms with Crippen LogP contribution in [0, 0.1) is 0 Å². The molecule has 26 heavy (non-hydrogen) atoms. The number of likely N-dealkylation sites (tertiary alicyclic amines) is 1. The number of β-amino-alcohol motifs (C(OH)–C–C–N with tert-alkyl or cyclic N) is 2. The lowest BCUT2D eigenvalue weighted by molar-refractivity contribution is -0.322. The maximum absolute atomic E-state index is 10.6. The van der Waals surface area contributed by atoms with Gasteiger partial charge in [-0.15, -0.1) is 0 Å². The van der Waals surface area contributed by atoms with Gasteiger partial charge in [0.1, 0.15) is 24.4 Å². The molecule has 0 radical (unpaired) electrons. The first-order valence-corrected chi connectivity index (χ1v) is 9.15. The Bertz CT molecular complexity index is 431. The van der Waals surface area contributed by atoms with Gasteiger partial charge >= 0.3 is 0 Å². The molecule has 8 atom stereocenters. The van der Waals surface area contributed by atoms with Gasteiger partial charge in [-0.25, -0.2) is 0 Å². The Morgan fingerprint density at radius 3 is 2.08 bits per heavy atom. The minimum absolute atomic E-state index is 0.193. The number of hydroxylamine groups is 2. The SMILES string of the molecule is CCCCN1C[C@H](O)[C@@H](ON2C[C@H](O)[C@@H](O)[C@H](O)[C@H]2CO)[C@H](O)[C@H]1CO. The maximum atomic E-state index is 10.6. The Labute approximate surface area is 152 Å². The molecule has 0 bridgehead atoms. The lowest BCUT2D eigenvalue weighted by Crippen LogP contribution is -2.68. The molecule has 154 valence electrons. The number of unbranched alkanes of at least 4 members (excludes halogenated alkanes) is 1. The Balaban J connectivity index is 2.09. The molecule has 10 heteroatoms. The van der Waals surface area contributed by atoms with Crippen LogP contribution in [0.4, 0.5) is 0 Å². The van der Waals surface area contributed by atoms with Crippen molar-refractivity contribution in [1.82, 2.24) is 9.96 Å². The summed E-state index contributed by atoms with van der Waals surface area (Å²) in [6, 6.07) is -1.63. The minimum Gasteiger partial charge on any atom is -0.395 e. The third-order valence-corrected chi connectivity index (χ3v) is 5.31. The highest BCUT2D eigenvalue weighted by Gasteiger charge is 2.47. The number of rotatable bonds is 7. The molecule has 2 rings (SSSR count). The highest BCUT2D eigenvalue weighted by molar-refractivity contribution is 4.97. The normalized spacial score (nSPS) is 42.9. The molecule has 0 aromatic heterocycles. The largest absolute Gasteiger partial charge is 0.395 e. The molecule has 0 saturated carbocycles. The summed E-state index contributed by atoms with van der Waals surface area (Å²) in [6.07, 6.45) is -5.76. The molecule has 0 aromatic carbocycles. The smallest absolute Gasteiger partial charge is 0.134 e. The van der Waals surface area contributed by atoms with E-state index in [1.54, 1.807) is 0 Å². The molecule has 0 spiro atoms. The van der Waals surface area contributed by atoms with Crippen LogP contribution < -0.4 is 0 Å². The average molecular weight is 380 g/mol. The summed E-state index contributed by atoms with van der Waals surface area (Å²) >= 11 is 0. The van der Waals surface area contributed by atoms with Gasteiger partial charge in [0.05, 0.1) is 44.1 Å². The van der Waals surface area contributed by atoms with Gasteiger partial charge in [0, 0.05) is 6.54 Å². The third kappa shape index (κ3) is 4.53. The average Bonchev–Trinajstić information content (AvgIpc) is 2.61. The summed E-state index contributed by atoms with van der Waals surface area (Å²) in [6.45, 7) is 1.77. The van der Waals surface area contributed by atoms with E-state index >= 15 is 0 Å². The minimum atomic E-state index is -1.45. The van der Waals surface area contributed by atoms with Gasteiger partial charge in [0.15, 0.2) is 0 Å². The van der Waals surface area contributed by atoms with E-state index in [4.69, 9.17) is 4.84 Å². The summed E-state index contributed by atoms with van der Waals surface area (Å²) in [7, 11) is 0. The van der Waals surface area contributed by atoms with Gasteiger partial charge in [-0.1, -0.05) is 13.3 Å². The first-order chi connectivity index (χ1) is 12.3. The Morgan fingerprint density at radius 1 is 0.846 bits per heavy atom. The van der Waals surface area contributed by atoms with Gasteiger partial charge < -0.3 is 35.7 Å². The summed E-state index contributed by atoms with van der Waals surface area (Å²) in [5.74, 6) is 0. The lowest BCUT2D eigenvalue weighted by atomic mass is 9.93. The van der Waals surface area contributed by atoms with Crippen LogP contribution in [-0.2, 0) is 4.84 Å². The van der Waals surface area contributed by atoms with Crippen molar-refractivity contribution in [2.45, 2.75) is 68.5 Å². The van der Waals surface area contributed by atoms with E-state index in [1.807, 2.05) is 11.8 Å². The maximum Gasteiger partial charge on any atom is 0.134 e.